The van der Waals surface area contributed by atoms with Crippen LogP contribution in [-0.2, 0) is 28.6 Å². The standard InChI is InChI=1S/C20H21N7O2/c1-25-11-8-22-18(25)17-20(14-4-2-3-5-15(14)24-19(20)29)7-10-27(17)16(28)6-9-26-13-21-12-23-26/h2-5,8,11-13,17H,6-7,9-10H2,1H3,(H,24,29)/t17-,20+/m0/s1. The number of fused-ring (bicyclic) bond motifs is 2. The number of nitrogens with zero attached hydrogens (tertiary/aromatic N) is 6. The largest absolute Gasteiger partial charge is 0.336 e. The minimum absolute atomic E-state index is 0.0254. The lowest BCUT2D eigenvalue weighted by Gasteiger charge is -2.33. The zero-order valence-electron chi connectivity index (χ0n) is 16.0. The van der Waals surface area contributed by atoms with E-state index in [0.717, 1.165) is 11.3 Å². The Balaban J connectivity index is 1.55. The molecule has 0 bridgehead atoms. The number of likely N-dealkylation sites (tertiary alicyclic amines) is 1. The number of para-hydroxylation sites is 1. The van der Waals surface area contributed by atoms with E-state index in [2.05, 4.69) is 20.4 Å². The fourth-order valence-electron chi connectivity index (χ4n) is 4.66. The van der Waals surface area contributed by atoms with Crippen LogP contribution >= 0.6 is 0 Å². The maximum absolute atomic E-state index is 13.3. The maximum atomic E-state index is 13.3. The van der Waals surface area contributed by atoms with E-state index in [1.165, 1.54) is 6.33 Å². The minimum Gasteiger partial charge on any atom is -0.336 e. The lowest BCUT2D eigenvalue weighted by Crippen LogP contribution is -2.44. The number of carbonyl (C=O) groups is 2. The van der Waals surface area contributed by atoms with Gasteiger partial charge >= 0.3 is 0 Å². The van der Waals surface area contributed by atoms with Gasteiger partial charge in [-0.1, -0.05) is 18.2 Å². The average molecular weight is 391 g/mol. The number of carbonyl (C=O) groups excluding carboxylic acids is 2. The van der Waals surface area contributed by atoms with Gasteiger partial charge in [-0.3, -0.25) is 14.3 Å². The lowest BCUT2D eigenvalue weighted by atomic mass is 9.74. The van der Waals surface area contributed by atoms with Crippen LogP contribution in [0.25, 0.3) is 0 Å². The van der Waals surface area contributed by atoms with Gasteiger partial charge < -0.3 is 14.8 Å². The van der Waals surface area contributed by atoms with Crippen molar-refractivity contribution >= 4 is 17.5 Å². The molecule has 0 unspecified atom stereocenters. The number of hydrogen-bond donors (Lipinski definition) is 1. The summed E-state index contributed by atoms with van der Waals surface area (Å²) in [5, 5.41) is 7.08. The highest BCUT2D eigenvalue weighted by molar-refractivity contribution is 6.07. The van der Waals surface area contributed by atoms with Gasteiger partial charge in [-0.25, -0.2) is 9.97 Å². The Morgan fingerprint density at radius 1 is 1.34 bits per heavy atom. The second kappa shape index (κ2) is 6.54. The van der Waals surface area contributed by atoms with Crippen LogP contribution in [0.4, 0.5) is 5.69 Å². The molecule has 2 aliphatic rings. The number of aryl methyl sites for hydroxylation is 2. The fraction of sp³-hybridized carbons (Fsp3) is 0.350. The van der Waals surface area contributed by atoms with Gasteiger partial charge in [0.15, 0.2) is 0 Å². The Hall–Kier alpha value is -3.49. The molecule has 3 aromatic rings. The van der Waals surface area contributed by atoms with Crippen molar-refractivity contribution in [3.05, 3.63) is 60.7 Å². The van der Waals surface area contributed by atoms with E-state index in [4.69, 9.17) is 0 Å². The van der Waals surface area contributed by atoms with E-state index in [9.17, 15) is 9.59 Å². The second-order valence-electron chi connectivity index (χ2n) is 7.52. The quantitative estimate of drug-likeness (QED) is 0.722. The molecule has 2 atom stereocenters. The van der Waals surface area contributed by atoms with Crippen LogP contribution in [0.5, 0.6) is 0 Å². The number of rotatable bonds is 4. The molecular formula is C20H21N7O2. The lowest BCUT2D eigenvalue weighted by molar-refractivity contribution is -0.134. The number of aromatic nitrogens is 5. The number of amides is 2. The van der Waals surface area contributed by atoms with Crippen LogP contribution < -0.4 is 5.32 Å². The van der Waals surface area contributed by atoms with Crippen LogP contribution in [0, 0.1) is 0 Å². The van der Waals surface area contributed by atoms with Crippen LogP contribution in [0.1, 0.15) is 30.3 Å². The predicted octanol–water partition coefficient (Wildman–Crippen LogP) is 1.27. The number of imidazole rings is 1. The first-order chi connectivity index (χ1) is 14.1. The van der Waals surface area contributed by atoms with E-state index < -0.39 is 11.5 Å². The first-order valence-corrected chi connectivity index (χ1v) is 9.61. The zero-order chi connectivity index (χ0) is 20.0. The van der Waals surface area contributed by atoms with E-state index in [1.54, 1.807) is 22.1 Å². The van der Waals surface area contributed by atoms with Gasteiger partial charge in [-0.15, -0.1) is 0 Å². The summed E-state index contributed by atoms with van der Waals surface area (Å²) in [6, 6.07) is 7.27. The molecule has 0 aliphatic carbocycles. The molecule has 9 heteroatoms. The maximum Gasteiger partial charge on any atom is 0.237 e. The highest BCUT2D eigenvalue weighted by Gasteiger charge is 2.60. The van der Waals surface area contributed by atoms with Crippen LogP contribution in [0.2, 0.25) is 0 Å². The van der Waals surface area contributed by atoms with Crippen LogP contribution in [0.3, 0.4) is 0 Å². The molecule has 5 rings (SSSR count). The van der Waals surface area contributed by atoms with E-state index in [1.807, 2.05) is 42.1 Å². The Kier molecular flexibility index (Phi) is 3.97. The van der Waals surface area contributed by atoms with Gasteiger partial charge in [0.05, 0.1) is 6.54 Å². The van der Waals surface area contributed by atoms with Crippen molar-refractivity contribution in [1.29, 1.82) is 0 Å². The van der Waals surface area contributed by atoms with E-state index >= 15 is 0 Å². The topological polar surface area (TPSA) is 97.9 Å². The highest BCUT2D eigenvalue weighted by Crippen LogP contribution is 2.54. The molecule has 1 aromatic carbocycles. The zero-order valence-corrected chi connectivity index (χ0v) is 16.0. The SMILES string of the molecule is Cn1ccnc1[C@@H]1N(C(=O)CCn2cncn2)CC[C@]12C(=O)Nc1ccccc12. The number of hydrogen-bond acceptors (Lipinski definition) is 5. The van der Waals surface area contributed by atoms with Crippen molar-refractivity contribution in [2.75, 3.05) is 11.9 Å². The summed E-state index contributed by atoms with van der Waals surface area (Å²) in [5.74, 6) is 0.615. The molecule has 1 N–H and O–H groups in total. The van der Waals surface area contributed by atoms with Crippen LogP contribution in [0.15, 0.2) is 49.3 Å². The van der Waals surface area contributed by atoms with Crippen molar-refractivity contribution in [3.8, 4) is 0 Å². The smallest absolute Gasteiger partial charge is 0.237 e. The monoisotopic (exact) mass is 391 g/mol. The average Bonchev–Trinajstić information content (AvgIpc) is 3.49. The summed E-state index contributed by atoms with van der Waals surface area (Å²) in [6.45, 7) is 0.938. The minimum atomic E-state index is -0.835. The molecule has 2 aliphatic heterocycles. The third-order valence-corrected chi connectivity index (χ3v) is 6.03. The molecule has 0 saturated carbocycles. The summed E-state index contributed by atoms with van der Waals surface area (Å²) >= 11 is 0. The Morgan fingerprint density at radius 3 is 2.97 bits per heavy atom. The molecule has 2 amide bonds. The summed E-state index contributed by atoms with van der Waals surface area (Å²) in [7, 11) is 1.89. The fourth-order valence-corrected chi connectivity index (χ4v) is 4.66. The Morgan fingerprint density at radius 2 is 2.21 bits per heavy atom. The molecule has 0 radical (unpaired) electrons. The van der Waals surface area contributed by atoms with Gasteiger partial charge in [-0.2, -0.15) is 5.10 Å². The number of anilines is 1. The first kappa shape index (κ1) is 17.6. The van der Waals surface area contributed by atoms with E-state index in [0.29, 0.717) is 25.3 Å². The molecule has 1 fully saturated rings. The third kappa shape index (κ3) is 2.57. The molecule has 9 nitrogen and oxygen atoms in total. The molecule has 1 spiro atoms. The molecule has 1 saturated heterocycles. The molecule has 4 heterocycles. The third-order valence-electron chi connectivity index (χ3n) is 6.03. The van der Waals surface area contributed by atoms with Crippen molar-refractivity contribution in [3.63, 3.8) is 0 Å². The highest BCUT2D eigenvalue weighted by atomic mass is 16.2. The molecule has 2 aromatic heterocycles. The molecule has 29 heavy (non-hydrogen) atoms. The normalized spacial score (nSPS) is 22.9. The van der Waals surface area contributed by atoms with Crippen molar-refractivity contribution in [1.82, 2.24) is 29.2 Å². The van der Waals surface area contributed by atoms with Gasteiger partial charge in [0, 0.05) is 38.1 Å². The first-order valence-electron chi connectivity index (χ1n) is 9.61. The Labute approximate surface area is 167 Å². The molecule has 148 valence electrons. The van der Waals surface area contributed by atoms with Crippen LogP contribution in [-0.4, -0.2) is 47.6 Å². The van der Waals surface area contributed by atoms with Gasteiger partial charge in [-0.05, 0) is 18.1 Å². The summed E-state index contributed by atoms with van der Waals surface area (Å²) < 4.78 is 3.53. The second-order valence-corrected chi connectivity index (χ2v) is 7.52. The van der Waals surface area contributed by atoms with Gasteiger partial charge in [0.25, 0.3) is 0 Å². The summed E-state index contributed by atoms with van der Waals surface area (Å²) in [5.41, 5.74) is 0.914. The van der Waals surface area contributed by atoms with E-state index in [-0.39, 0.29) is 18.2 Å². The molecular weight excluding hydrogens is 370 g/mol. The number of nitrogens with one attached hydrogen (secondary N) is 1. The summed E-state index contributed by atoms with van der Waals surface area (Å²) in [4.78, 5) is 36.7. The van der Waals surface area contributed by atoms with Crippen molar-refractivity contribution in [2.45, 2.75) is 30.8 Å². The predicted molar refractivity (Wildman–Crippen MR) is 104 cm³/mol. The van der Waals surface area contributed by atoms with Gasteiger partial charge in [0.1, 0.15) is 29.9 Å². The van der Waals surface area contributed by atoms with Gasteiger partial charge in [0.2, 0.25) is 11.8 Å². The van der Waals surface area contributed by atoms with Crippen molar-refractivity contribution < 1.29 is 9.59 Å². The Bertz CT molecular complexity index is 1070. The summed E-state index contributed by atoms with van der Waals surface area (Å²) in [6.07, 6.45) is 7.43. The van der Waals surface area contributed by atoms with Crippen molar-refractivity contribution in [2.24, 2.45) is 7.05 Å². The number of benzene rings is 1.